The van der Waals surface area contributed by atoms with Crippen molar-refractivity contribution in [2.24, 2.45) is 0 Å². The van der Waals surface area contributed by atoms with Crippen molar-refractivity contribution in [1.82, 2.24) is 10.2 Å². The van der Waals surface area contributed by atoms with Crippen molar-refractivity contribution in [3.05, 3.63) is 29.8 Å². The van der Waals surface area contributed by atoms with E-state index in [0.29, 0.717) is 6.04 Å². The number of ether oxygens (including phenoxy) is 1. The fraction of sp³-hybridized carbons (Fsp3) is 0.588. The van der Waals surface area contributed by atoms with E-state index in [1.165, 1.54) is 38.8 Å². The molecule has 0 amide bonds. The van der Waals surface area contributed by atoms with Gasteiger partial charge in [0, 0.05) is 24.2 Å². The van der Waals surface area contributed by atoms with Crippen LogP contribution in [0.3, 0.4) is 0 Å². The fourth-order valence-corrected chi connectivity index (χ4v) is 3.06. The molecule has 4 nitrogen and oxygen atoms in total. The van der Waals surface area contributed by atoms with E-state index in [4.69, 9.17) is 10.00 Å². The van der Waals surface area contributed by atoms with Crippen LogP contribution in [0.1, 0.15) is 31.2 Å². The molecule has 0 atom stereocenters. The number of nitriles is 1. The second-order valence-electron chi connectivity index (χ2n) is 5.98. The number of piperidine rings is 1. The summed E-state index contributed by atoms with van der Waals surface area (Å²) in [5.74, 6) is 0.821. The Hall–Kier alpha value is -1.57. The van der Waals surface area contributed by atoms with E-state index in [1.54, 1.807) is 0 Å². The SMILES string of the molecule is N#CCOc1ccccc1CNC1CCN(C2CC2)CC1. The molecule has 1 saturated heterocycles. The molecular weight excluding hydrogens is 262 g/mol. The Balaban J connectivity index is 1.47. The predicted octanol–water partition coefficient (Wildman–Crippen LogP) is 2.31. The molecule has 1 N–H and O–H groups in total. The van der Waals surface area contributed by atoms with Gasteiger partial charge in [0.25, 0.3) is 0 Å². The highest BCUT2D eigenvalue weighted by atomic mass is 16.5. The molecule has 0 spiro atoms. The Labute approximate surface area is 126 Å². The maximum Gasteiger partial charge on any atom is 0.174 e. The van der Waals surface area contributed by atoms with Gasteiger partial charge >= 0.3 is 0 Å². The molecule has 1 aliphatic carbocycles. The normalized spacial score (nSPS) is 20.1. The summed E-state index contributed by atoms with van der Waals surface area (Å²) in [6, 6.07) is 11.5. The number of hydrogen-bond acceptors (Lipinski definition) is 4. The summed E-state index contributed by atoms with van der Waals surface area (Å²) < 4.78 is 5.47. The summed E-state index contributed by atoms with van der Waals surface area (Å²) in [5.41, 5.74) is 1.14. The molecule has 3 rings (SSSR count). The van der Waals surface area contributed by atoms with Crippen LogP contribution in [0.2, 0.25) is 0 Å². The first kappa shape index (κ1) is 14.4. The summed E-state index contributed by atoms with van der Waals surface area (Å²) in [6.45, 7) is 3.39. The third-order valence-electron chi connectivity index (χ3n) is 4.44. The van der Waals surface area contributed by atoms with Crippen molar-refractivity contribution < 1.29 is 4.74 Å². The number of likely N-dealkylation sites (tertiary alicyclic amines) is 1. The molecule has 0 aromatic heterocycles. The number of benzene rings is 1. The molecule has 112 valence electrons. The van der Waals surface area contributed by atoms with Crippen LogP contribution in [0.5, 0.6) is 5.75 Å². The highest BCUT2D eigenvalue weighted by Crippen LogP contribution is 2.29. The zero-order valence-corrected chi connectivity index (χ0v) is 12.4. The molecule has 0 radical (unpaired) electrons. The van der Waals surface area contributed by atoms with Crippen LogP contribution in [-0.4, -0.2) is 36.7 Å². The van der Waals surface area contributed by atoms with Crippen molar-refractivity contribution >= 4 is 0 Å². The summed E-state index contributed by atoms with van der Waals surface area (Å²) >= 11 is 0. The van der Waals surface area contributed by atoms with Gasteiger partial charge in [-0.05, 0) is 44.8 Å². The molecule has 1 saturated carbocycles. The maximum atomic E-state index is 8.63. The molecule has 0 unspecified atom stereocenters. The van der Waals surface area contributed by atoms with Crippen LogP contribution >= 0.6 is 0 Å². The van der Waals surface area contributed by atoms with Gasteiger partial charge in [-0.2, -0.15) is 5.26 Å². The van der Waals surface area contributed by atoms with Crippen LogP contribution < -0.4 is 10.1 Å². The van der Waals surface area contributed by atoms with Crippen molar-refractivity contribution in [3.63, 3.8) is 0 Å². The summed E-state index contributed by atoms with van der Waals surface area (Å²) in [5, 5.41) is 12.3. The number of rotatable bonds is 6. The van der Waals surface area contributed by atoms with E-state index in [0.717, 1.165) is 23.9 Å². The summed E-state index contributed by atoms with van der Waals surface area (Å²) in [4.78, 5) is 2.64. The molecule has 1 aliphatic heterocycles. The molecule has 1 aromatic rings. The first-order chi connectivity index (χ1) is 10.4. The highest BCUT2D eigenvalue weighted by Gasteiger charge is 2.31. The van der Waals surface area contributed by atoms with Gasteiger partial charge in [-0.3, -0.25) is 0 Å². The Bertz CT molecular complexity index is 499. The molecule has 2 fully saturated rings. The lowest BCUT2D eigenvalue weighted by molar-refractivity contribution is 0.189. The second kappa shape index (κ2) is 6.93. The maximum absolute atomic E-state index is 8.63. The van der Waals surface area contributed by atoms with E-state index in [2.05, 4.69) is 16.3 Å². The van der Waals surface area contributed by atoms with Crippen LogP contribution in [0.25, 0.3) is 0 Å². The Morgan fingerprint density at radius 2 is 1.95 bits per heavy atom. The molecule has 2 aliphatic rings. The standard InChI is InChI=1S/C17H23N3O/c18-9-12-21-17-4-2-1-3-14(17)13-19-15-7-10-20(11-8-15)16-5-6-16/h1-4,15-16,19H,5-8,10-13H2. The van der Waals surface area contributed by atoms with E-state index >= 15 is 0 Å². The average molecular weight is 285 g/mol. The minimum absolute atomic E-state index is 0.108. The Morgan fingerprint density at radius 3 is 2.67 bits per heavy atom. The zero-order chi connectivity index (χ0) is 14.5. The van der Waals surface area contributed by atoms with Gasteiger partial charge in [0.15, 0.2) is 6.61 Å². The lowest BCUT2D eigenvalue weighted by Gasteiger charge is -2.32. The van der Waals surface area contributed by atoms with E-state index < -0.39 is 0 Å². The van der Waals surface area contributed by atoms with E-state index in [9.17, 15) is 0 Å². The number of hydrogen-bond donors (Lipinski definition) is 1. The van der Waals surface area contributed by atoms with Gasteiger partial charge in [0.2, 0.25) is 0 Å². The molecule has 1 heterocycles. The van der Waals surface area contributed by atoms with Crippen LogP contribution in [0.4, 0.5) is 0 Å². The molecule has 21 heavy (non-hydrogen) atoms. The minimum Gasteiger partial charge on any atom is -0.478 e. The number of nitrogens with zero attached hydrogens (tertiary/aromatic N) is 2. The van der Waals surface area contributed by atoms with Crippen LogP contribution in [-0.2, 0) is 6.54 Å². The quantitative estimate of drug-likeness (QED) is 0.871. The van der Waals surface area contributed by atoms with Crippen molar-refractivity contribution in [1.29, 1.82) is 5.26 Å². The summed E-state index contributed by atoms with van der Waals surface area (Å²) in [6.07, 6.45) is 5.28. The van der Waals surface area contributed by atoms with E-state index in [-0.39, 0.29) is 6.61 Å². The van der Waals surface area contributed by atoms with Crippen molar-refractivity contribution in [2.45, 2.75) is 44.3 Å². The van der Waals surface area contributed by atoms with Crippen molar-refractivity contribution in [2.75, 3.05) is 19.7 Å². The predicted molar refractivity (Wildman–Crippen MR) is 82.0 cm³/mol. The minimum atomic E-state index is 0.108. The largest absolute Gasteiger partial charge is 0.478 e. The zero-order valence-electron chi connectivity index (χ0n) is 12.4. The van der Waals surface area contributed by atoms with Gasteiger partial charge < -0.3 is 15.0 Å². The average Bonchev–Trinajstić information content (AvgIpc) is 3.37. The van der Waals surface area contributed by atoms with Crippen LogP contribution in [0, 0.1) is 11.3 Å². The highest BCUT2D eigenvalue weighted by molar-refractivity contribution is 5.33. The molecule has 0 bridgehead atoms. The third kappa shape index (κ3) is 3.96. The molecule has 1 aromatic carbocycles. The van der Waals surface area contributed by atoms with Gasteiger partial charge in [0.1, 0.15) is 11.8 Å². The van der Waals surface area contributed by atoms with E-state index in [1.807, 2.05) is 24.3 Å². The molecule has 4 heteroatoms. The fourth-order valence-electron chi connectivity index (χ4n) is 3.06. The third-order valence-corrected chi connectivity index (χ3v) is 4.44. The van der Waals surface area contributed by atoms with Gasteiger partial charge in [-0.25, -0.2) is 0 Å². The van der Waals surface area contributed by atoms with Gasteiger partial charge in [-0.1, -0.05) is 18.2 Å². The lowest BCUT2D eigenvalue weighted by Crippen LogP contribution is -2.43. The Kier molecular flexibility index (Phi) is 4.74. The smallest absolute Gasteiger partial charge is 0.174 e. The van der Waals surface area contributed by atoms with Gasteiger partial charge in [0.05, 0.1) is 0 Å². The number of para-hydroxylation sites is 1. The van der Waals surface area contributed by atoms with Gasteiger partial charge in [-0.15, -0.1) is 0 Å². The molecular formula is C17H23N3O. The lowest BCUT2D eigenvalue weighted by atomic mass is 10.0. The Morgan fingerprint density at radius 1 is 1.19 bits per heavy atom. The summed E-state index contributed by atoms with van der Waals surface area (Å²) in [7, 11) is 0. The first-order valence-corrected chi connectivity index (χ1v) is 7.92. The second-order valence-corrected chi connectivity index (χ2v) is 5.98. The monoisotopic (exact) mass is 285 g/mol. The number of nitrogens with one attached hydrogen (secondary N) is 1. The first-order valence-electron chi connectivity index (χ1n) is 7.92. The van der Waals surface area contributed by atoms with Crippen molar-refractivity contribution in [3.8, 4) is 11.8 Å². The van der Waals surface area contributed by atoms with Crippen LogP contribution in [0.15, 0.2) is 24.3 Å². The topological polar surface area (TPSA) is 48.3 Å².